The van der Waals surface area contributed by atoms with Gasteiger partial charge in [0.15, 0.2) is 5.54 Å². The van der Waals surface area contributed by atoms with Crippen LogP contribution in [0.25, 0.3) is 0 Å². The highest BCUT2D eigenvalue weighted by molar-refractivity contribution is 8.14. The van der Waals surface area contributed by atoms with Gasteiger partial charge in [0.1, 0.15) is 11.5 Å². The van der Waals surface area contributed by atoms with Gasteiger partial charge in [-0.05, 0) is 23.8 Å². The van der Waals surface area contributed by atoms with Gasteiger partial charge in [-0.15, -0.1) is 0 Å². The summed E-state index contributed by atoms with van der Waals surface area (Å²) in [6, 6.07) is 33.0. The highest BCUT2D eigenvalue weighted by Gasteiger charge is 2.63. The zero-order valence-electron chi connectivity index (χ0n) is 25.6. The zero-order chi connectivity index (χ0) is 32.1. The number of methoxy groups -OCH3 is 2. The van der Waals surface area contributed by atoms with Gasteiger partial charge in [-0.1, -0.05) is 96.7 Å². The lowest BCUT2D eigenvalue weighted by Crippen LogP contribution is -2.42. The molecule has 3 aliphatic heterocycles. The number of anilines is 1. The van der Waals surface area contributed by atoms with Crippen LogP contribution in [-0.2, 0) is 26.9 Å². The Morgan fingerprint density at radius 2 is 1.48 bits per heavy atom. The van der Waals surface area contributed by atoms with Gasteiger partial charge >= 0.3 is 0 Å². The molecular weight excluding hydrogens is 619 g/mol. The fourth-order valence-electron chi connectivity index (χ4n) is 6.97. The lowest BCUT2D eigenvalue weighted by Gasteiger charge is -2.33. The lowest BCUT2D eigenvalue weighted by atomic mass is 9.73. The van der Waals surface area contributed by atoms with Crippen LogP contribution >= 0.6 is 11.8 Å². The van der Waals surface area contributed by atoms with Crippen LogP contribution in [0.15, 0.2) is 119 Å². The summed E-state index contributed by atoms with van der Waals surface area (Å²) in [6.07, 6.45) is 1.51. The van der Waals surface area contributed by atoms with Crippen molar-refractivity contribution in [3.63, 3.8) is 0 Å². The molecule has 0 aromatic heterocycles. The molecule has 0 bridgehead atoms. The first-order chi connectivity index (χ1) is 22.2. The molecule has 3 aliphatic rings. The van der Waals surface area contributed by atoms with E-state index in [0.29, 0.717) is 40.8 Å². The average molecular weight is 652 g/mol. The number of nitrogens with one attached hydrogen (secondary N) is 1. The Kier molecular flexibility index (Phi) is 7.65. The number of aliphatic imine (C=N–C) groups is 1. The Balaban J connectivity index is 1.50. The lowest BCUT2D eigenvalue weighted by molar-refractivity contribution is -0.123. The number of thioether (sulfide) groups is 1. The summed E-state index contributed by atoms with van der Waals surface area (Å²) in [7, 11) is -0.469. The van der Waals surface area contributed by atoms with E-state index < -0.39 is 21.5 Å². The summed E-state index contributed by atoms with van der Waals surface area (Å²) in [4.78, 5) is 22.4. The summed E-state index contributed by atoms with van der Waals surface area (Å²) in [5.41, 5.74) is 4.03. The monoisotopic (exact) mass is 651 g/mol. The molecule has 7 rings (SSSR count). The van der Waals surface area contributed by atoms with Crippen LogP contribution in [0.2, 0.25) is 0 Å². The van der Waals surface area contributed by atoms with Crippen LogP contribution in [-0.4, -0.2) is 39.8 Å². The second kappa shape index (κ2) is 11.7. The van der Waals surface area contributed by atoms with Crippen molar-refractivity contribution in [2.75, 3.05) is 25.4 Å². The first-order valence-corrected chi connectivity index (χ1v) is 17.7. The third-order valence-electron chi connectivity index (χ3n) is 8.79. The molecule has 0 saturated carbocycles. The van der Waals surface area contributed by atoms with Crippen LogP contribution < -0.4 is 19.1 Å². The SMILES string of the molecule is COc1ccccc1[C@@H]1CC(NS(C)(=O)=O)=C2C(=N[C@]3(C(=O)N(Cc4ccccc4)c4ccccc43)[C@@H]2c2ccccc2OC)S1. The van der Waals surface area contributed by atoms with Gasteiger partial charge in [0, 0.05) is 39.6 Å². The molecule has 1 N–H and O–H groups in total. The summed E-state index contributed by atoms with van der Waals surface area (Å²) < 4.78 is 40.3. The Morgan fingerprint density at radius 1 is 0.870 bits per heavy atom. The number of hydrogen-bond acceptors (Lipinski definition) is 7. The number of nitrogens with zero attached hydrogens (tertiary/aromatic N) is 2. The van der Waals surface area contributed by atoms with Gasteiger partial charge in [-0.2, -0.15) is 0 Å². The molecule has 0 unspecified atom stereocenters. The second-order valence-corrected chi connectivity index (χ2v) is 14.5. The molecule has 3 atom stereocenters. The standard InChI is InChI=1S/C36H33N3O5S2/c1-43-29-19-11-7-15-24(29)31-21-27(38-46(3,41)42)32-33(25-16-8-12-20-30(25)44-2)36(37-34(32)45-31)26-17-9-10-18-28(26)39(35(36)40)22-23-13-5-4-6-14-23/h4-20,31,33,38H,21-22H2,1-3H3/t31-,33+,36-/m0/s1. The van der Waals surface area contributed by atoms with E-state index in [4.69, 9.17) is 14.5 Å². The van der Waals surface area contributed by atoms with E-state index in [-0.39, 0.29) is 11.2 Å². The van der Waals surface area contributed by atoms with Crippen LogP contribution in [0, 0.1) is 0 Å². The largest absolute Gasteiger partial charge is 0.496 e. The van der Waals surface area contributed by atoms with E-state index in [0.717, 1.165) is 34.2 Å². The van der Waals surface area contributed by atoms with Crippen molar-refractivity contribution >= 4 is 38.4 Å². The fraction of sp³-hybridized carbons (Fsp3) is 0.222. The van der Waals surface area contributed by atoms with Crippen LogP contribution in [0.4, 0.5) is 5.69 Å². The molecule has 3 heterocycles. The molecule has 10 heteroatoms. The maximum Gasteiger partial charge on any atom is 0.260 e. The Hall–Kier alpha value is -4.54. The average Bonchev–Trinajstić information content (AvgIpc) is 3.53. The molecule has 0 radical (unpaired) electrons. The first kappa shape index (κ1) is 30.1. The van der Waals surface area contributed by atoms with Crippen molar-refractivity contribution in [3.05, 3.63) is 137 Å². The van der Waals surface area contributed by atoms with Gasteiger partial charge in [-0.25, -0.2) is 8.42 Å². The highest BCUT2D eigenvalue weighted by Crippen LogP contribution is 2.63. The molecule has 0 aliphatic carbocycles. The minimum atomic E-state index is -3.70. The molecule has 0 fully saturated rings. The molecule has 46 heavy (non-hydrogen) atoms. The quantitative estimate of drug-likeness (QED) is 0.240. The highest BCUT2D eigenvalue weighted by atomic mass is 32.2. The molecule has 4 aromatic rings. The van der Waals surface area contributed by atoms with Crippen molar-refractivity contribution in [2.24, 2.45) is 4.99 Å². The topological polar surface area (TPSA) is 97.3 Å². The number of amides is 1. The Morgan fingerprint density at radius 3 is 2.17 bits per heavy atom. The minimum Gasteiger partial charge on any atom is -0.496 e. The number of rotatable bonds is 8. The van der Waals surface area contributed by atoms with E-state index in [2.05, 4.69) is 4.72 Å². The number of benzene rings is 4. The van der Waals surface area contributed by atoms with E-state index >= 15 is 4.79 Å². The molecular formula is C36H33N3O5S2. The molecule has 8 nitrogen and oxygen atoms in total. The number of carbonyl (C=O) groups is 1. The maximum atomic E-state index is 15.1. The summed E-state index contributed by atoms with van der Waals surface area (Å²) >= 11 is 1.53. The third-order valence-corrected chi connectivity index (χ3v) is 10.6. The van der Waals surface area contributed by atoms with Crippen molar-refractivity contribution in [1.29, 1.82) is 0 Å². The van der Waals surface area contributed by atoms with E-state index in [1.165, 1.54) is 11.8 Å². The van der Waals surface area contributed by atoms with E-state index in [9.17, 15) is 8.42 Å². The van der Waals surface area contributed by atoms with Crippen molar-refractivity contribution in [3.8, 4) is 11.5 Å². The third kappa shape index (κ3) is 4.96. The Labute approximate surface area is 273 Å². The molecule has 1 spiro atoms. The second-order valence-electron chi connectivity index (χ2n) is 11.6. The van der Waals surface area contributed by atoms with Crippen LogP contribution in [0.3, 0.4) is 0 Å². The van der Waals surface area contributed by atoms with E-state index in [1.807, 2.05) is 103 Å². The first-order valence-electron chi connectivity index (χ1n) is 14.9. The molecule has 1 amide bonds. The van der Waals surface area contributed by atoms with Gasteiger partial charge in [-0.3, -0.25) is 14.5 Å². The van der Waals surface area contributed by atoms with Gasteiger partial charge in [0.05, 0.1) is 43.7 Å². The van der Waals surface area contributed by atoms with Crippen molar-refractivity contribution in [2.45, 2.75) is 29.7 Å². The van der Waals surface area contributed by atoms with Gasteiger partial charge in [0.25, 0.3) is 5.91 Å². The van der Waals surface area contributed by atoms with Crippen LogP contribution in [0.1, 0.15) is 39.8 Å². The number of fused-ring (bicyclic) bond motifs is 3. The maximum absolute atomic E-state index is 15.1. The summed E-state index contributed by atoms with van der Waals surface area (Å²) in [5, 5.41) is 0.400. The number of para-hydroxylation sites is 3. The normalized spacial score (nSPS) is 22.0. The Bertz CT molecular complexity index is 2010. The van der Waals surface area contributed by atoms with Gasteiger partial charge in [0.2, 0.25) is 10.0 Å². The number of hydrogen-bond donors (Lipinski definition) is 1. The number of carbonyl (C=O) groups excluding carboxylic acids is 1. The summed E-state index contributed by atoms with van der Waals surface area (Å²) in [5.74, 6) is 0.464. The molecule has 4 aromatic carbocycles. The number of ether oxygens (including phenoxy) is 2. The molecule has 234 valence electrons. The number of allylic oxidation sites excluding steroid dienone is 1. The van der Waals surface area contributed by atoms with E-state index in [1.54, 1.807) is 19.1 Å². The van der Waals surface area contributed by atoms with Gasteiger partial charge < -0.3 is 14.4 Å². The molecule has 0 saturated heterocycles. The predicted octanol–water partition coefficient (Wildman–Crippen LogP) is 6.32. The smallest absolute Gasteiger partial charge is 0.260 e. The summed E-state index contributed by atoms with van der Waals surface area (Å²) in [6.45, 7) is 0.367. The van der Waals surface area contributed by atoms with Crippen molar-refractivity contribution < 1.29 is 22.7 Å². The van der Waals surface area contributed by atoms with Crippen molar-refractivity contribution in [1.82, 2.24) is 4.72 Å². The zero-order valence-corrected chi connectivity index (χ0v) is 27.3. The minimum absolute atomic E-state index is 0.170. The van der Waals surface area contributed by atoms with Crippen LogP contribution in [0.5, 0.6) is 11.5 Å². The predicted molar refractivity (Wildman–Crippen MR) is 182 cm³/mol. The number of sulfonamides is 1. The fourth-order valence-corrected chi connectivity index (χ4v) is 9.01.